The van der Waals surface area contributed by atoms with Crippen LogP contribution < -0.4 is 5.43 Å². The van der Waals surface area contributed by atoms with Gasteiger partial charge in [0.05, 0.1) is 12.1 Å². The van der Waals surface area contributed by atoms with Gasteiger partial charge in [-0.3, -0.25) is 4.79 Å². The number of hydrogen-bond acceptors (Lipinski definition) is 2. The second-order valence-electron chi connectivity index (χ2n) is 6.14. The number of aryl methyl sites for hydroxylation is 4. The van der Waals surface area contributed by atoms with Crippen molar-refractivity contribution in [1.29, 1.82) is 0 Å². The first-order valence-corrected chi connectivity index (χ1v) is 7.83. The van der Waals surface area contributed by atoms with Crippen LogP contribution in [0.4, 0.5) is 0 Å². The molecule has 0 unspecified atom stereocenters. The summed E-state index contributed by atoms with van der Waals surface area (Å²) in [6.45, 7) is 10.1. The van der Waals surface area contributed by atoms with Crippen molar-refractivity contribution in [2.24, 2.45) is 5.10 Å². The number of carbonyl (C=O) groups excluding carboxylic acids is 1. The molecule has 0 saturated carbocycles. The van der Waals surface area contributed by atoms with Crippen molar-refractivity contribution in [3.8, 4) is 0 Å². The van der Waals surface area contributed by atoms with Gasteiger partial charge < -0.3 is 0 Å². The number of carbonyl (C=O) groups is 1. The summed E-state index contributed by atoms with van der Waals surface area (Å²) in [4.78, 5) is 12.1. The summed E-state index contributed by atoms with van der Waals surface area (Å²) in [5.74, 6) is -0.0955. The number of amides is 1. The van der Waals surface area contributed by atoms with Crippen LogP contribution in [0.1, 0.15) is 40.3 Å². The van der Waals surface area contributed by atoms with Gasteiger partial charge in [-0.05, 0) is 68.5 Å². The van der Waals surface area contributed by atoms with Crippen molar-refractivity contribution in [3.63, 3.8) is 0 Å². The zero-order valence-electron chi connectivity index (χ0n) is 14.5. The molecule has 3 nitrogen and oxygen atoms in total. The van der Waals surface area contributed by atoms with Gasteiger partial charge in [0.2, 0.25) is 5.91 Å². The van der Waals surface area contributed by atoms with Crippen molar-refractivity contribution in [2.45, 2.75) is 41.0 Å². The van der Waals surface area contributed by atoms with E-state index in [-0.39, 0.29) is 5.91 Å². The van der Waals surface area contributed by atoms with E-state index in [1.165, 1.54) is 11.1 Å². The third-order valence-electron chi connectivity index (χ3n) is 4.13. The molecule has 120 valence electrons. The Hall–Kier alpha value is -2.42. The molecule has 0 radical (unpaired) electrons. The van der Waals surface area contributed by atoms with E-state index in [9.17, 15) is 4.79 Å². The van der Waals surface area contributed by atoms with Gasteiger partial charge in [-0.15, -0.1) is 0 Å². The molecular weight excluding hydrogens is 284 g/mol. The maximum Gasteiger partial charge on any atom is 0.244 e. The SMILES string of the molecule is C/C(=N/NC(=O)Cc1cc(C)ccc1C)c1ccc(C)c(C)c1. The zero-order valence-corrected chi connectivity index (χ0v) is 14.5. The van der Waals surface area contributed by atoms with Crippen molar-refractivity contribution >= 4 is 11.6 Å². The van der Waals surface area contributed by atoms with Gasteiger partial charge in [0, 0.05) is 0 Å². The molecule has 0 aliphatic rings. The fourth-order valence-electron chi connectivity index (χ4n) is 2.38. The van der Waals surface area contributed by atoms with E-state index in [2.05, 4.69) is 48.6 Å². The van der Waals surface area contributed by atoms with Crippen LogP contribution in [0.2, 0.25) is 0 Å². The molecule has 2 rings (SSSR count). The third kappa shape index (κ3) is 4.52. The van der Waals surface area contributed by atoms with Crippen LogP contribution in [0, 0.1) is 27.7 Å². The first-order chi connectivity index (χ1) is 10.9. The monoisotopic (exact) mass is 308 g/mol. The Morgan fingerprint density at radius 2 is 1.65 bits per heavy atom. The summed E-state index contributed by atoms with van der Waals surface area (Å²) in [5, 5.41) is 4.23. The molecule has 2 aromatic rings. The minimum Gasteiger partial charge on any atom is -0.273 e. The zero-order chi connectivity index (χ0) is 17.0. The van der Waals surface area contributed by atoms with E-state index in [4.69, 9.17) is 0 Å². The number of hydrogen-bond donors (Lipinski definition) is 1. The van der Waals surface area contributed by atoms with E-state index in [0.29, 0.717) is 6.42 Å². The molecule has 3 heteroatoms. The number of hydrazone groups is 1. The molecule has 0 bridgehead atoms. The van der Waals surface area contributed by atoms with Gasteiger partial charge in [-0.25, -0.2) is 5.43 Å². The second kappa shape index (κ2) is 7.23. The Bertz CT molecular complexity index is 760. The summed E-state index contributed by atoms with van der Waals surface area (Å²) >= 11 is 0. The lowest BCUT2D eigenvalue weighted by atomic mass is 10.0. The lowest BCUT2D eigenvalue weighted by molar-refractivity contribution is -0.120. The maximum atomic E-state index is 12.1. The van der Waals surface area contributed by atoms with Gasteiger partial charge in [0.15, 0.2) is 0 Å². The quantitative estimate of drug-likeness (QED) is 0.673. The minimum absolute atomic E-state index is 0.0955. The predicted octanol–water partition coefficient (Wildman–Crippen LogP) is 4.00. The highest BCUT2D eigenvalue weighted by Gasteiger charge is 2.06. The number of rotatable bonds is 4. The summed E-state index contributed by atoms with van der Waals surface area (Å²) in [5.41, 5.74) is 10.3. The Balaban J connectivity index is 2.05. The van der Waals surface area contributed by atoms with Crippen LogP contribution >= 0.6 is 0 Å². The van der Waals surface area contributed by atoms with Gasteiger partial charge in [-0.1, -0.05) is 35.9 Å². The van der Waals surface area contributed by atoms with Crippen molar-refractivity contribution in [3.05, 3.63) is 69.8 Å². The molecule has 0 aromatic heterocycles. The summed E-state index contributed by atoms with van der Waals surface area (Å²) in [6.07, 6.45) is 0.344. The standard InChI is InChI=1S/C20H24N2O/c1-13-6-7-15(3)19(10-13)12-20(23)22-21-17(5)18-9-8-14(2)16(4)11-18/h6-11H,12H2,1-5H3,(H,22,23)/b21-17-. The molecule has 1 amide bonds. The van der Waals surface area contributed by atoms with E-state index >= 15 is 0 Å². The Kier molecular flexibility index (Phi) is 5.32. The van der Waals surface area contributed by atoms with Crippen molar-refractivity contribution in [1.82, 2.24) is 5.43 Å². The lowest BCUT2D eigenvalue weighted by Crippen LogP contribution is -2.21. The molecule has 0 heterocycles. The molecule has 0 aliphatic carbocycles. The van der Waals surface area contributed by atoms with Crippen LogP contribution in [-0.2, 0) is 11.2 Å². The smallest absolute Gasteiger partial charge is 0.244 e. The van der Waals surface area contributed by atoms with E-state index in [0.717, 1.165) is 28.0 Å². The molecule has 1 N–H and O–H groups in total. The van der Waals surface area contributed by atoms with Gasteiger partial charge in [0.25, 0.3) is 0 Å². The summed E-state index contributed by atoms with van der Waals surface area (Å²) in [7, 11) is 0. The van der Waals surface area contributed by atoms with E-state index in [1.807, 2.05) is 32.9 Å². The first-order valence-electron chi connectivity index (χ1n) is 7.83. The second-order valence-corrected chi connectivity index (χ2v) is 6.14. The van der Waals surface area contributed by atoms with Crippen molar-refractivity contribution in [2.75, 3.05) is 0 Å². The fraction of sp³-hybridized carbons (Fsp3) is 0.300. The predicted molar refractivity (Wildman–Crippen MR) is 95.9 cm³/mol. The highest BCUT2D eigenvalue weighted by Crippen LogP contribution is 2.12. The molecule has 0 atom stereocenters. The Morgan fingerprint density at radius 3 is 2.35 bits per heavy atom. The molecule has 2 aromatic carbocycles. The number of nitrogens with one attached hydrogen (secondary N) is 1. The minimum atomic E-state index is -0.0955. The molecule has 0 saturated heterocycles. The highest BCUT2D eigenvalue weighted by molar-refractivity contribution is 5.99. The fourth-order valence-corrected chi connectivity index (χ4v) is 2.38. The average molecular weight is 308 g/mol. The normalized spacial score (nSPS) is 11.4. The largest absolute Gasteiger partial charge is 0.273 e. The Morgan fingerprint density at radius 1 is 0.957 bits per heavy atom. The van der Waals surface area contributed by atoms with Gasteiger partial charge >= 0.3 is 0 Å². The molecular formula is C20H24N2O. The molecule has 0 fully saturated rings. The van der Waals surface area contributed by atoms with E-state index < -0.39 is 0 Å². The van der Waals surface area contributed by atoms with Crippen LogP contribution in [0.3, 0.4) is 0 Å². The lowest BCUT2D eigenvalue weighted by Gasteiger charge is -2.08. The molecule has 23 heavy (non-hydrogen) atoms. The van der Waals surface area contributed by atoms with Gasteiger partial charge in [0.1, 0.15) is 0 Å². The van der Waals surface area contributed by atoms with Gasteiger partial charge in [-0.2, -0.15) is 5.10 Å². The first kappa shape index (κ1) is 16.9. The van der Waals surface area contributed by atoms with Crippen LogP contribution in [0.15, 0.2) is 41.5 Å². The highest BCUT2D eigenvalue weighted by atomic mass is 16.2. The third-order valence-corrected chi connectivity index (χ3v) is 4.13. The van der Waals surface area contributed by atoms with Crippen LogP contribution in [0.5, 0.6) is 0 Å². The number of nitrogens with zero attached hydrogens (tertiary/aromatic N) is 1. The van der Waals surface area contributed by atoms with Crippen molar-refractivity contribution < 1.29 is 4.79 Å². The number of benzene rings is 2. The topological polar surface area (TPSA) is 41.5 Å². The Labute approximate surface area is 138 Å². The van der Waals surface area contributed by atoms with Crippen LogP contribution in [-0.4, -0.2) is 11.6 Å². The molecule has 0 spiro atoms. The van der Waals surface area contributed by atoms with Crippen LogP contribution in [0.25, 0.3) is 0 Å². The summed E-state index contributed by atoms with van der Waals surface area (Å²) < 4.78 is 0. The van der Waals surface area contributed by atoms with E-state index in [1.54, 1.807) is 0 Å². The average Bonchev–Trinajstić information content (AvgIpc) is 2.51. The maximum absolute atomic E-state index is 12.1. The molecule has 0 aliphatic heterocycles. The summed E-state index contributed by atoms with van der Waals surface area (Å²) in [6, 6.07) is 12.3.